The summed E-state index contributed by atoms with van der Waals surface area (Å²) in [5.74, 6) is 0.551. The van der Waals surface area contributed by atoms with E-state index in [0.29, 0.717) is 48.3 Å². The van der Waals surface area contributed by atoms with E-state index in [1.54, 1.807) is 17.0 Å². The van der Waals surface area contributed by atoms with Gasteiger partial charge in [0.25, 0.3) is 5.91 Å². The van der Waals surface area contributed by atoms with Crippen molar-refractivity contribution in [1.29, 1.82) is 0 Å². The highest BCUT2D eigenvalue weighted by Gasteiger charge is 2.28. The zero-order valence-corrected chi connectivity index (χ0v) is 19.8. The lowest BCUT2D eigenvalue weighted by Crippen LogP contribution is -2.47. The fourth-order valence-corrected chi connectivity index (χ4v) is 3.84. The third-order valence-electron chi connectivity index (χ3n) is 4.92. The molecule has 0 saturated carbocycles. The van der Waals surface area contributed by atoms with E-state index in [1.807, 2.05) is 57.2 Å². The molecule has 0 radical (unpaired) electrons. The highest BCUT2D eigenvalue weighted by atomic mass is 79.9. The number of ether oxygens (including phenoxy) is 2. The van der Waals surface area contributed by atoms with Gasteiger partial charge >= 0.3 is 6.09 Å². The Morgan fingerprint density at radius 3 is 2.39 bits per heavy atom. The molecule has 0 aromatic heterocycles. The monoisotopic (exact) mass is 488 g/mol. The van der Waals surface area contributed by atoms with Gasteiger partial charge in [0.1, 0.15) is 18.0 Å². The Balaban J connectivity index is 1.50. The molecule has 0 unspecified atom stereocenters. The lowest BCUT2D eigenvalue weighted by molar-refractivity contribution is 0.0199. The number of hydrogen-bond acceptors (Lipinski definition) is 4. The van der Waals surface area contributed by atoms with Crippen LogP contribution in [0.15, 0.2) is 53.0 Å². The SMILES string of the molecule is CC(C)(C)OC(=O)N1CCC(NC(=O)c2ccc(OCc3ccccc3)cc2Br)CC1. The molecular formula is C24H29BrN2O4. The van der Waals surface area contributed by atoms with Crippen molar-refractivity contribution in [3.8, 4) is 5.75 Å². The first-order chi connectivity index (χ1) is 14.7. The van der Waals surface area contributed by atoms with E-state index in [-0.39, 0.29) is 18.0 Å². The first-order valence-electron chi connectivity index (χ1n) is 10.5. The van der Waals surface area contributed by atoms with Crippen LogP contribution in [0.1, 0.15) is 49.5 Å². The second-order valence-electron chi connectivity index (χ2n) is 8.63. The van der Waals surface area contributed by atoms with Crippen molar-refractivity contribution in [3.63, 3.8) is 0 Å². The molecule has 2 amide bonds. The molecule has 1 heterocycles. The Labute approximate surface area is 192 Å². The van der Waals surface area contributed by atoms with Gasteiger partial charge in [-0.2, -0.15) is 0 Å². The minimum atomic E-state index is -0.509. The predicted molar refractivity (Wildman–Crippen MR) is 123 cm³/mol. The van der Waals surface area contributed by atoms with E-state index in [4.69, 9.17) is 9.47 Å². The fourth-order valence-electron chi connectivity index (χ4n) is 3.31. The Bertz CT molecular complexity index is 904. The van der Waals surface area contributed by atoms with E-state index in [2.05, 4.69) is 21.2 Å². The summed E-state index contributed by atoms with van der Waals surface area (Å²) >= 11 is 3.49. The van der Waals surface area contributed by atoms with Crippen molar-refractivity contribution >= 4 is 27.9 Å². The second-order valence-corrected chi connectivity index (χ2v) is 9.49. The lowest BCUT2D eigenvalue weighted by atomic mass is 10.0. The van der Waals surface area contributed by atoms with Crippen LogP contribution in [0.3, 0.4) is 0 Å². The normalized spacial score (nSPS) is 14.8. The van der Waals surface area contributed by atoms with Crippen LogP contribution in [0.5, 0.6) is 5.75 Å². The van der Waals surface area contributed by atoms with Crippen molar-refractivity contribution in [2.75, 3.05) is 13.1 Å². The number of carbonyl (C=O) groups is 2. The molecule has 166 valence electrons. The molecule has 2 aromatic rings. The quantitative estimate of drug-likeness (QED) is 0.631. The average Bonchev–Trinajstić information content (AvgIpc) is 2.72. The summed E-state index contributed by atoms with van der Waals surface area (Å²) in [6.45, 7) is 7.16. The molecule has 1 aliphatic rings. The molecular weight excluding hydrogens is 460 g/mol. The van der Waals surface area contributed by atoms with Gasteiger partial charge in [0.2, 0.25) is 0 Å². The van der Waals surface area contributed by atoms with Crippen LogP contribution < -0.4 is 10.1 Å². The molecule has 1 N–H and O–H groups in total. The fraction of sp³-hybridized carbons (Fsp3) is 0.417. The van der Waals surface area contributed by atoms with Crippen molar-refractivity contribution in [1.82, 2.24) is 10.2 Å². The first-order valence-corrected chi connectivity index (χ1v) is 11.3. The molecule has 0 spiro atoms. The van der Waals surface area contributed by atoms with Crippen LogP contribution in [-0.2, 0) is 11.3 Å². The molecule has 6 nitrogen and oxygen atoms in total. The summed E-state index contributed by atoms with van der Waals surface area (Å²) in [6, 6.07) is 15.3. The van der Waals surface area contributed by atoms with Gasteiger partial charge in [-0.15, -0.1) is 0 Å². The third-order valence-corrected chi connectivity index (χ3v) is 5.57. The van der Waals surface area contributed by atoms with Gasteiger partial charge < -0.3 is 19.7 Å². The van der Waals surface area contributed by atoms with Crippen LogP contribution in [0, 0.1) is 0 Å². The minimum absolute atomic E-state index is 0.0205. The molecule has 1 saturated heterocycles. The lowest BCUT2D eigenvalue weighted by Gasteiger charge is -2.33. The van der Waals surface area contributed by atoms with Crippen LogP contribution in [0.2, 0.25) is 0 Å². The maximum atomic E-state index is 12.7. The maximum Gasteiger partial charge on any atom is 0.410 e. The standard InChI is InChI=1S/C24H29BrN2O4/c1-24(2,3)31-23(29)27-13-11-18(12-14-27)26-22(28)20-10-9-19(15-21(20)25)30-16-17-7-5-4-6-8-17/h4-10,15,18H,11-14,16H2,1-3H3,(H,26,28). The van der Waals surface area contributed by atoms with Gasteiger partial charge in [-0.3, -0.25) is 4.79 Å². The number of rotatable bonds is 5. The van der Waals surface area contributed by atoms with Gasteiger partial charge in [0.15, 0.2) is 0 Å². The molecule has 0 bridgehead atoms. The number of hydrogen-bond donors (Lipinski definition) is 1. The van der Waals surface area contributed by atoms with Crippen molar-refractivity contribution in [2.45, 2.75) is 51.9 Å². The van der Waals surface area contributed by atoms with Crippen molar-refractivity contribution < 1.29 is 19.1 Å². The van der Waals surface area contributed by atoms with Gasteiger partial charge in [-0.05, 0) is 73.3 Å². The predicted octanol–water partition coefficient (Wildman–Crippen LogP) is 5.16. The van der Waals surface area contributed by atoms with E-state index in [1.165, 1.54) is 0 Å². The Hall–Kier alpha value is -2.54. The van der Waals surface area contributed by atoms with Crippen LogP contribution in [0.25, 0.3) is 0 Å². The highest BCUT2D eigenvalue weighted by molar-refractivity contribution is 9.10. The molecule has 0 atom stereocenters. The molecule has 3 rings (SSSR count). The maximum absolute atomic E-state index is 12.7. The summed E-state index contributed by atoms with van der Waals surface area (Å²) in [7, 11) is 0. The summed E-state index contributed by atoms with van der Waals surface area (Å²) in [6.07, 6.45) is 1.09. The van der Waals surface area contributed by atoms with E-state index >= 15 is 0 Å². The Morgan fingerprint density at radius 2 is 1.77 bits per heavy atom. The van der Waals surface area contributed by atoms with Crippen molar-refractivity contribution in [3.05, 3.63) is 64.1 Å². The highest BCUT2D eigenvalue weighted by Crippen LogP contribution is 2.24. The molecule has 2 aromatic carbocycles. The average molecular weight is 489 g/mol. The number of likely N-dealkylation sites (tertiary alicyclic amines) is 1. The van der Waals surface area contributed by atoms with Crippen LogP contribution in [-0.4, -0.2) is 41.6 Å². The van der Waals surface area contributed by atoms with Crippen molar-refractivity contribution in [2.24, 2.45) is 0 Å². The second kappa shape index (κ2) is 10.2. The molecule has 7 heteroatoms. The molecule has 31 heavy (non-hydrogen) atoms. The zero-order valence-electron chi connectivity index (χ0n) is 18.2. The van der Waals surface area contributed by atoms with E-state index in [0.717, 1.165) is 5.56 Å². The van der Waals surface area contributed by atoms with Gasteiger partial charge in [0.05, 0.1) is 5.56 Å². The number of halogens is 1. The number of carbonyl (C=O) groups excluding carboxylic acids is 2. The number of amides is 2. The molecule has 0 aliphatic carbocycles. The smallest absolute Gasteiger partial charge is 0.410 e. The number of nitrogens with one attached hydrogen (secondary N) is 1. The summed E-state index contributed by atoms with van der Waals surface area (Å²) < 4.78 is 11.9. The summed E-state index contributed by atoms with van der Waals surface area (Å²) in [5, 5.41) is 3.07. The van der Waals surface area contributed by atoms with Gasteiger partial charge in [-0.25, -0.2) is 4.79 Å². The largest absolute Gasteiger partial charge is 0.489 e. The third kappa shape index (κ3) is 6.99. The Morgan fingerprint density at radius 1 is 1.10 bits per heavy atom. The topological polar surface area (TPSA) is 67.9 Å². The van der Waals surface area contributed by atoms with Gasteiger partial charge in [-0.1, -0.05) is 30.3 Å². The summed E-state index contributed by atoms with van der Waals surface area (Å²) in [4.78, 5) is 26.6. The van der Waals surface area contributed by atoms with E-state index < -0.39 is 5.60 Å². The number of piperidine rings is 1. The molecule has 1 fully saturated rings. The molecule has 1 aliphatic heterocycles. The zero-order chi connectivity index (χ0) is 22.4. The Kier molecular flexibility index (Phi) is 7.59. The van der Waals surface area contributed by atoms with Crippen LogP contribution >= 0.6 is 15.9 Å². The van der Waals surface area contributed by atoms with Gasteiger partial charge in [0, 0.05) is 23.6 Å². The summed E-state index contributed by atoms with van der Waals surface area (Å²) in [5.41, 5.74) is 1.13. The number of nitrogens with zero attached hydrogens (tertiary/aromatic N) is 1. The van der Waals surface area contributed by atoms with Crippen LogP contribution in [0.4, 0.5) is 4.79 Å². The van der Waals surface area contributed by atoms with E-state index in [9.17, 15) is 9.59 Å². The minimum Gasteiger partial charge on any atom is -0.489 e. The number of benzene rings is 2. The first kappa shape index (κ1) is 23.1.